The van der Waals surface area contributed by atoms with Gasteiger partial charge in [-0.25, -0.2) is 4.57 Å². The molecule has 0 aromatic heterocycles. The molecule has 428 valence electrons. The van der Waals surface area contributed by atoms with E-state index in [1.165, 1.54) is 231 Å². The van der Waals surface area contributed by atoms with Gasteiger partial charge in [-0.15, -0.1) is 0 Å². The Labute approximate surface area is 441 Å². The second kappa shape index (κ2) is 48.5. The molecule has 0 aromatic carbocycles. The quantitative estimate of drug-likeness (QED) is 0.0163. The molecule has 0 radical (unpaired) electrons. The number of nitrogens with one attached hydrogen (secondary N) is 1. The van der Waals surface area contributed by atoms with Crippen LogP contribution >= 0.6 is 7.82 Å². The van der Waals surface area contributed by atoms with Crippen LogP contribution in [0.2, 0.25) is 0 Å². The van der Waals surface area contributed by atoms with Crippen molar-refractivity contribution in [2.24, 2.45) is 0 Å². The fraction of sp³-hybridized carbons (Fsp3) is 0.949. The molecule has 13 heteroatoms. The summed E-state index contributed by atoms with van der Waals surface area (Å²) in [5.74, 6) is -0.333. The standard InChI is InChI=1S/C59H116NO11P/c1-3-5-7-9-11-13-15-17-19-21-22-23-24-25-26-27-28-29-30-31-32-33-35-37-39-41-43-45-47-49-53(62)60-51(50-70-72(68,69)71-59-57(66)55(64)54(63)56(65)58(59)67)52(61)48-46-44-42-40-38-36-34-20-18-16-14-12-10-8-6-4-2/h46,48,51-52,54-59,61,63-67H,3-45,47,49-50H2,1-2H3,(H,60,62)(H,68,69)/b48-46+/t51-,52+,54?,55+,56?,57?,58?,59?/m0/s1. The first kappa shape index (κ1) is 69.1. The molecule has 0 aromatic rings. The number of carbonyl (C=O) groups is 1. The maximum absolute atomic E-state index is 13.1. The Kier molecular flexibility index (Phi) is 46.5. The van der Waals surface area contributed by atoms with E-state index in [4.69, 9.17) is 9.05 Å². The minimum Gasteiger partial charge on any atom is -0.387 e. The van der Waals surface area contributed by atoms with Gasteiger partial charge in [-0.05, 0) is 19.3 Å². The molecule has 1 fully saturated rings. The van der Waals surface area contributed by atoms with Crippen LogP contribution in [0.5, 0.6) is 0 Å². The van der Waals surface area contributed by atoms with E-state index in [9.17, 15) is 44.9 Å². The van der Waals surface area contributed by atoms with Crippen molar-refractivity contribution in [1.82, 2.24) is 5.32 Å². The molecular formula is C59H116NO11P. The van der Waals surface area contributed by atoms with Gasteiger partial charge in [0.2, 0.25) is 5.91 Å². The number of hydrogen-bond donors (Lipinski definition) is 8. The predicted octanol–water partition coefficient (Wildman–Crippen LogP) is 14.3. The maximum Gasteiger partial charge on any atom is 0.472 e. The first-order chi connectivity index (χ1) is 34.9. The van der Waals surface area contributed by atoms with Gasteiger partial charge in [-0.1, -0.05) is 289 Å². The van der Waals surface area contributed by atoms with E-state index < -0.39 is 63.2 Å². The minimum absolute atomic E-state index is 0.220. The first-order valence-electron chi connectivity index (χ1n) is 30.6. The normalized spacial score (nSPS) is 21.1. The molecule has 0 spiro atoms. The number of allylic oxidation sites excluding steroid dienone is 1. The fourth-order valence-corrected chi connectivity index (χ4v) is 11.1. The molecule has 8 N–H and O–H groups in total. The smallest absolute Gasteiger partial charge is 0.387 e. The first-order valence-corrected chi connectivity index (χ1v) is 32.1. The number of amides is 1. The van der Waals surface area contributed by atoms with Crippen molar-refractivity contribution >= 4 is 13.7 Å². The Bertz CT molecular complexity index is 1260. The van der Waals surface area contributed by atoms with Crippen molar-refractivity contribution in [2.75, 3.05) is 6.61 Å². The zero-order valence-corrected chi connectivity index (χ0v) is 47.4. The number of phosphoric ester groups is 1. The third-order valence-electron chi connectivity index (χ3n) is 15.1. The highest BCUT2D eigenvalue weighted by atomic mass is 31.2. The summed E-state index contributed by atoms with van der Waals surface area (Å²) < 4.78 is 23.1. The third kappa shape index (κ3) is 38.6. The van der Waals surface area contributed by atoms with Crippen molar-refractivity contribution in [3.8, 4) is 0 Å². The summed E-state index contributed by atoms with van der Waals surface area (Å²) in [6, 6.07) is -1.11. The molecule has 1 amide bonds. The maximum atomic E-state index is 13.1. The summed E-state index contributed by atoms with van der Waals surface area (Å²) in [4.78, 5) is 23.6. The average molecular weight is 1050 g/mol. The summed E-state index contributed by atoms with van der Waals surface area (Å²) in [5, 5.41) is 64.4. The van der Waals surface area contributed by atoms with Crippen LogP contribution in [0.4, 0.5) is 0 Å². The number of aliphatic hydroxyl groups excluding tert-OH is 6. The molecule has 72 heavy (non-hydrogen) atoms. The highest BCUT2D eigenvalue weighted by Gasteiger charge is 2.51. The highest BCUT2D eigenvalue weighted by Crippen LogP contribution is 2.47. The number of phosphoric acid groups is 1. The lowest BCUT2D eigenvalue weighted by atomic mass is 9.85. The van der Waals surface area contributed by atoms with Gasteiger partial charge in [-0.2, -0.15) is 0 Å². The van der Waals surface area contributed by atoms with Crippen LogP contribution in [0.15, 0.2) is 12.2 Å². The van der Waals surface area contributed by atoms with Gasteiger partial charge in [-0.3, -0.25) is 13.8 Å². The SMILES string of the molecule is CCCCCCCCCCCCCCCC/C=C/[C@@H](O)[C@H](COP(=O)(O)OC1C(O)C(O)C(O)[C@@H](O)C1O)NC(=O)CCCCCCCCCCCCCCCCCCCCCCCCCCCCCCC. The van der Waals surface area contributed by atoms with E-state index in [1.54, 1.807) is 6.08 Å². The summed E-state index contributed by atoms with van der Waals surface area (Å²) in [6.45, 7) is 3.90. The summed E-state index contributed by atoms with van der Waals surface area (Å²) >= 11 is 0. The second-order valence-electron chi connectivity index (χ2n) is 21.9. The van der Waals surface area contributed by atoms with Gasteiger partial charge < -0.3 is 40.8 Å². The number of carbonyl (C=O) groups excluding carboxylic acids is 1. The van der Waals surface area contributed by atoms with Crippen LogP contribution in [-0.2, 0) is 18.4 Å². The van der Waals surface area contributed by atoms with Gasteiger partial charge in [0.05, 0.1) is 18.8 Å². The van der Waals surface area contributed by atoms with E-state index in [-0.39, 0.29) is 12.3 Å². The lowest BCUT2D eigenvalue weighted by Crippen LogP contribution is -2.64. The van der Waals surface area contributed by atoms with E-state index in [1.807, 2.05) is 6.08 Å². The lowest BCUT2D eigenvalue weighted by Gasteiger charge is -2.41. The number of rotatable bonds is 53. The van der Waals surface area contributed by atoms with Crippen LogP contribution in [0.1, 0.15) is 303 Å². The van der Waals surface area contributed by atoms with E-state index in [0.29, 0.717) is 6.42 Å². The molecule has 0 bridgehead atoms. The Hall–Kier alpha value is -0.920. The van der Waals surface area contributed by atoms with Gasteiger partial charge in [0.1, 0.15) is 36.6 Å². The zero-order valence-electron chi connectivity index (χ0n) is 46.5. The van der Waals surface area contributed by atoms with Crippen LogP contribution in [0, 0.1) is 0 Å². The number of unbranched alkanes of at least 4 members (excludes halogenated alkanes) is 42. The van der Waals surface area contributed by atoms with Crippen molar-refractivity contribution in [1.29, 1.82) is 0 Å². The van der Waals surface area contributed by atoms with Gasteiger partial charge in [0.15, 0.2) is 0 Å². The van der Waals surface area contributed by atoms with Crippen LogP contribution < -0.4 is 5.32 Å². The monoisotopic (exact) mass is 1050 g/mol. The predicted molar refractivity (Wildman–Crippen MR) is 297 cm³/mol. The molecule has 9 atom stereocenters. The molecule has 1 saturated carbocycles. The molecule has 1 rings (SSSR count). The summed E-state index contributed by atoms with van der Waals surface area (Å²) in [5.41, 5.74) is 0. The molecule has 6 unspecified atom stereocenters. The molecule has 12 nitrogen and oxygen atoms in total. The lowest BCUT2D eigenvalue weighted by molar-refractivity contribution is -0.220. The minimum atomic E-state index is -5.08. The fourth-order valence-electron chi connectivity index (χ4n) is 10.1. The van der Waals surface area contributed by atoms with E-state index in [0.717, 1.165) is 44.9 Å². The Balaban J connectivity index is 2.26. The van der Waals surface area contributed by atoms with Crippen molar-refractivity contribution < 1.29 is 53.9 Å². The van der Waals surface area contributed by atoms with Crippen molar-refractivity contribution in [2.45, 2.75) is 352 Å². The zero-order chi connectivity index (χ0) is 52.8. The second-order valence-corrected chi connectivity index (χ2v) is 23.3. The molecule has 1 aliphatic carbocycles. The molecule has 0 heterocycles. The Morgan fingerprint density at radius 3 is 1.06 bits per heavy atom. The van der Waals surface area contributed by atoms with Gasteiger partial charge in [0, 0.05) is 6.42 Å². The number of aliphatic hydroxyl groups is 6. The van der Waals surface area contributed by atoms with Crippen molar-refractivity contribution in [3.05, 3.63) is 12.2 Å². The molecular weight excluding hydrogens is 930 g/mol. The Morgan fingerprint density at radius 2 is 0.736 bits per heavy atom. The van der Waals surface area contributed by atoms with Crippen LogP contribution in [-0.4, -0.2) is 96.8 Å². The van der Waals surface area contributed by atoms with E-state index >= 15 is 0 Å². The van der Waals surface area contributed by atoms with Gasteiger partial charge in [0.25, 0.3) is 0 Å². The molecule has 0 saturated heterocycles. The van der Waals surface area contributed by atoms with Crippen LogP contribution in [0.25, 0.3) is 0 Å². The van der Waals surface area contributed by atoms with Crippen LogP contribution in [0.3, 0.4) is 0 Å². The van der Waals surface area contributed by atoms with Crippen molar-refractivity contribution in [3.63, 3.8) is 0 Å². The average Bonchev–Trinajstić information content (AvgIpc) is 3.37. The summed E-state index contributed by atoms with van der Waals surface area (Å²) in [7, 11) is -5.08. The molecule has 1 aliphatic rings. The van der Waals surface area contributed by atoms with E-state index in [2.05, 4.69) is 19.2 Å². The summed E-state index contributed by atoms with van der Waals surface area (Å²) in [6.07, 6.45) is 47.3. The number of hydrogen-bond acceptors (Lipinski definition) is 10. The topological polar surface area (TPSA) is 206 Å². The van der Waals surface area contributed by atoms with Gasteiger partial charge >= 0.3 is 7.82 Å². The molecule has 0 aliphatic heterocycles. The largest absolute Gasteiger partial charge is 0.472 e. The third-order valence-corrected chi connectivity index (χ3v) is 16.1. The Morgan fingerprint density at radius 1 is 0.458 bits per heavy atom. The highest BCUT2D eigenvalue weighted by molar-refractivity contribution is 7.47.